The maximum Gasteiger partial charge on any atom is 0.279 e. The van der Waals surface area contributed by atoms with E-state index in [-0.39, 0.29) is 12.0 Å². The topological polar surface area (TPSA) is 121 Å². The first-order valence-corrected chi connectivity index (χ1v) is 7.67. The summed E-state index contributed by atoms with van der Waals surface area (Å²) in [6, 6.07) is 6.95. The van der Waals surface area contributed by atoms with E-state index in [2.05, 4.69) is 4.98 Å². The zero-order chi connectivity index (χ0) is 19.0. The summed E-state index contributed by atoms with van der Waals surface area (Å²) in [7, 11) is 0. The SMILES string of the molecule is Cc1cc2ncn(C(=O)Cc3ccc([N+](=O)[O-])cc3[N+](=O)[O-])c2cc1C. The van der Waals surface area contributed by atoms with Gasteiger partial charge in [0.1, 0.15) is 6.33 Å². The molecule has 0 saturated carbocycles. The fourth-order valence-corrected chi connectivity index (χ4v) is 2.70. The Kier molecular flexibility index (Phi) is 4.21. The summed E-state index contributed by atoms with van der Waals surface area (Å²) < 4.78 is 1.34. The predicted octanol–water partition coefficient (Wildman–Crippen LogP) is 3.35. The molecule has 0 spiro atoms. The molecule has 26 heavy (non-hydrogen) atoms. The van der Waals surface area contributed by atoms with Gasteiger partial charge in [0.05, 0.1) is 33.4 Å². The molecule has 0 bridgehead atoms. The number of non-ortho nitro benzene ring substituents is 1. The van der Waals surface area contributed by atoms with E-state index in [1.165, 1.54) is 17.0 Å². The predicted molar refractivity (Wildman–Crippen MR) is 93.3 cm³/mol. The van der Waals surface area contributed by atoms with Gasteiger partial charge in [-0.1, -0.05) is 0 Å². The summed E-state index contributed by atoms with van der Waals surface area (Å²) >= 11 is 0. The van der Waals surface area contributed by atoms with Gasteiger partial charge >= 0.3 is 0 Å². The van der Waals surface area contributed by atoms with E-state index in [4.69, 9.17) is 0 Å². The highest BCUT2D eigenvalue weighted by Gasteiger charge is 2.22. The van der Waals surface area contributed by atoms with Gasteiger partial charge in [0.25, 0.3) is 11.4 Å². The van der Waals surface area contributed by atoms with Gasteiger partial charge in [-0.3, -0.25) is 29.6 Å². The highest BCUT2D eigenvalue weighted by molar-refractivity contribution is 5.92. The number of rotatable bonds is 4. The van der Waals surface area contributed by atoms with Gasteiger partial charge in [0.15, 0.2) is 0 Å². The molecule has 1 aromatic heterocycles. The molecule has 3 aromatic rings. The van der Waals surface area contributed by atoms with E-state index in [0.717, 1.165) is 23.3 Å². The van der Waals surface area contributed by atoms with Crippen molar-refractivity contribution in [3.05, 3.63) is 73.6 Å². The minimum Gasteiger partial charge on any atom is -0.274 e. The van der Waals surface area contributed by atoms with Gasteiger partial charge in [-0.05, 0) is 43.2 Å². The van der Waals surface area contributed by atoms with Crippen LogP contribution in [0.5, 0.6) is 0 Å². The van der Waals surface area contributed by atoms with Crippen LogP contribution in [-0.4, -0.2) is 25.3 Å². The van der Waals surface area contributed by atoms with Crippen LogP contribution in [0, 0.1) is 34.1 Å². The fraction of sp³-hybridized carbons (Fsp3) is 0.176. The number of hydrogen-bond donors (Lipinski definition) is 0. The van der Waals surface area contributed by atoms with E-state index < -0.39 is 27.1 Å². The van der Waals surface area contributed by atoms with Crippen LogP contribution in [0.2, 0.25) is 0 Å². The first-order valence-electron chi connectivity index (χ1n) is 7.67. The summed E-state index contributed by atoms with van der Waals surface area (Å²) in [5, 5.41) is 22.0. The van der Waals surface area contributed by atoms with Gasteiger partial charge in [0.2, 0.25) is 5.91 Å². The van der Waals surface area contributed by atoms with Crippen molar-refractivity contribution in [2.24, 2.45) is 0 Å². The van der Waals surface area contributed by atoms with Crippen LogP contribution in [0.15, 0.2) is 36.7 Å². The smallest absolute Gasteiger partial charge is 0.274 e. The normalized spacial score (nSPS) is 10.8. The van der Waals surface area contributed by atoms with Crippen LogP contribution in [0.25, 0.3) is 11.0 Å². The molecule has 9 nitrogen and oxygen atoms in total. The molecule has 0 atom stereocenters. The summed E-state index contributed by atoms with van der Waals surface area (Å²) in [5.41, 5.74) is 2.56. The van der Waals surface area contributed by atoms with Crippen molar-refractivity contribution in [3.63, 3.8) is 0 Å². The van der Waals surface area contributed by atoms with E-state index in [1.807, 2.05) is 26.0 Å². The standard InChI is InChI=1S/C17H14N4O5/c1-10-5-14-16(6-11(10)2)19(9-18-14)17(22)7-12-3-4-13(20(23)24)8-15(12)21(25)26/h3-6,8-9H,7H2,1-2H3. The van der Waals surface area contributed by atoms with E-state index in [0.29, 0.717) is 11.0 Å². The molecule has 0 amide bonds. The average molecular weight is 354 g/mol. The van der Waals surface area contributed by atoms with Crippen molar-refractivity contribution in [1.82, 2.24) is 9.55 Å². The number of hydrogen-bond acceptors (Lipinski definition) is 6. The molecule has 0 saturated heterocycles. The molecule has 1 heterocycles. The molecular weight excluding hydrogens is 340 g/mol. The maximum atomic E-state index is 12.6. The van der Waals surface area contributed by atoms with Crippen molar-refractivity contribution in [3.8, 4) is 0 Å². The minimum atomic E-state index is -0.727. The van der Waals surface area contributed by atoms with Gasteiger partial charge in [-0.15, -0.1) is 0 Å². The van der Waals surface area contributed by atoms with Crippen molar-refractivity contribution >= 4 is 28.3 Å². The molecule has 2 aromatic carbocycles. The largest absolute Gasteiger partial charge is 0.279 e. The summed E-state index contributed by atoms with van der Waals surface area (Å²) in [6.07, 6.45) is 1.11. The Bertz CT molecular complexity index is 1070. The number of carbonyl (C=O) groups is 1. The summed E-state index contributed by atoms with van der Waals surface area (Å²) in [5.74, 6) is -0.410. The number of benzene rings is 2. The van der Waals surface area contributed by atoms with Crippen molar-refractivity contribution in [2.45, 2.75) is 20.3 Å². The second kappa shape index (κ2) is 6.36. The maximum absolute atomic E-state index is 12.6. The van der Waals surface area contributed by atoms with Crippen LogP contribution >= 0.6 is 0 Å². The van der Waals surface area contributed by atoms with Crippen LogP contribution in [0.1, 0.15) is 21.5 Å². The van der Waals surface area contributed by atoms with E-state index in [1.54, 1.807) is 0 Å². The Morgan fingerprint density at radius 2 is 1.77 bits per heavy atom. The first-order chi connectivity index (χ1) is 12.3. The highest BCUT2D eigenvalue weighted by Crippen LogP contribution is 2.26. The Balaban J connectivity index is 1.99. The van der Waals surface area contributed by atoms with Crippen LogP contribution in [0.3, 0.4) is 0 Å². The lowest BCUT2D eigenvalue weighted by Crippen LogP contribution is -2.13. The quantitative estimate of drug-likeness (QED) is 0.523. The third kappa shape index (κ3) is 3.02. The van der Waals surface area contributed by atoms with E-state index >= 15 is 0 Å². The lowest BCUT2D eigenvalue weighted by molar-refractivity contribution is -0.394. The highest BCUT2D eigenvalue weighted by atomic mass is 16.6. The second-order valence-corrected chi connectivity index (χ2v) is 5.94. The van der Waals surface area contributed by atoms with Crippen LogP contribution in [-0.2, 0) is 6.42 Å². The van der Waals surface area contributed by atoms with Gasteiger partial charge in [-0.25, -0.2) is 4.98 Å². The Morgan fingerprint density at radius 1 is 1.08 bits per heavy atom. The number of aryl methyl sites for hydroxylation is 2. The van der Waals surface area contributed by atoms with Crippen molar-refractivity contribution in [1.29, 1.82) is 0 Å². The van der Waals surface area contributed by atoms with Crippen LogP contribution in [0.4, 0.5) is 11.4 Å². The lowest BCUT2D eigenvalue weighted by Gasteiger charge is -2.06. The summed E-state index contributed by atoms with van der Waals surface area (Å²) in [4.78, 5) is 37.4. The molecule has 0 aliphatic heterocycles. The molecule has 9 heteroatoms. The number of nitro benzene ring substituents is 2. The average Bonchev–Trinajstić information content (AvgIpc) is 2.97. The monoisotopic (exact) mass is 354 g/mol. The molecule has 0 aliphatic rings. The molecule has 0 N–H and O–H groups in total. The number of imidazole rings is 1. The van der Waals surface area contributed by atoms with Crippen LogP contribution < -0.4 is 0 Å². The Morgan fingerprint density at radius 3 is 2.42 bits per heavy atom. The Hall–Kier alpha value is -3.62. The number of fused-ring (bicyclic) bond motifs is 1. The minimum absolute atomic E-state index is 0.108. The number of nitrogens with zero attached hydrogens (tertiary/aromatic N) is 4. The first kappa shape index (κ1) is 17.2. The van der Waals surface area contributed by atoms with E-state index in [9.17, 15) is 25.0 Å². The second-order valence-electron chi connectivity index (χ2n) is 5.94. The molecule has 0 unspecified atom stereocenters. The van der Waals surface area contributed by atoms with Gasteiger partial charge < -0.3 is 0 Å². The fourth-order valence-electron chi connectivity index (χ4n) is 2.70. The number of nitro groups is 2. The molecule has 0 fully saturated rings. The third-order valence-corrected chi connectivity index (χ3v) is 4.25. The molecule has 132 valence electrons. The van der Waals surface area contributed by atoms with Crippen molar-refractivity contribution < 1.29 is 14.6 Å². The lowest BCUT2D eigenvalue weighted by atomic mass is 10.1. The number of aromatic nitrogens is 2. The van der Waals surface area contributed by atoms with Gasteiger partial charge in [-0.2, -0.15) is 0 Å². The zero-order valence-electron chi connectivity index (χ0n) is 14.0. The summed E-state index contributed by atoms with van der Waals surface area (Å²) in [6.45, 7) is 3.85. The Labute approximate surface area is 147 Å². The van der Waals surface area contributed by atoms with Gasteiger partial charge in [0, 0.05) is 11.6 Å². The van der Waals surface area contributed by atoms with Crippen molar-refractivity contribution in [2.75, 3.05) is 0 Å². The molecule has 0 radical (unpaired) electrons. The molecule has 3 rings (SSSR count). The number of carbonyl (C=O) groups excluding carboxylic acids is 1. The molecular formula is C17H14N4O5. The third-order valence-electron chi connectivity index (χ3n) is 4.25. The molecule has 0 aliphatic carbocycles. The zero-order valence-corrected chi connectivity index (χ0v) is 14.0.